The second-order valence-corrected chi connectivity index (χ2v) is 6.57. The predicted molar refractivity (Wildman–Crippen MR) is 101 cm³/mol. The summed E-state index contributed by atoms with van der Waals surface area (Å²) in [4.78, 5) is 47.1. The highest BCUT2D eigenvalue weighted by Crippen LogP contribution is 2.00. The van der Waals surface area contributed by atoms with Crippen LogP contribution in [0.2, 0.25) is 0 Å². The minimum atomic E-state index is -1.32. The minimum absolute atomic E-state index is 0.131. The molecule has 12 heteroatoms. The standard InChI is InChI=1S/C14H26N4O6S2/c1-6(2)10(15)13(22)16-7(3-19)11(20)17-8(4-25)12(21)18-9(5-26)14(23)24/h6-10,19,25-26H,3-5,15H2,1-2H3,(H,16,22)(H,17,20)(H,18,21)(H,23,24). The number of carboxylic acid groups (broad SMARTS) is 1. The molecule has 10 nitrogen and oxygen atoms in total. The fourth-order valence-electron chi connectivity index (χ4n) is 1.69. The molecular weight excluding hydrogens is 384 g/mol. The number of amides is 3. The molecule has 0 bridgehead atoms. The highest BCUT2D eigenvalue weighted by Gasteiger charge is 2.29. The summed E-state index contributed by atoms with van der Waals surface area (Å²) < 4.78 is 0. The predicted octanol–water partition coefficient (Wildman–Crippen LogP) is -2.64. The Labute approximate surface area is 162 Å². The summed E-state index contributed by atoms with van der Waals surface area (Å²) >= 11 is 7.77. The van der Waals surface area contributed by atoms with Gasteiger partial charge in [-0.1, -0.05) is 13.8 Å². The first-order valence-corrected chi connectivity index (χ1v) is 9.07. The number of nitrogens with two attached hydrogens (primary N) is 1. The normalized spacial score (nSPS) is 15.5. The topological polar surface area (TPSA) is 171 Å². The lowest BCUT2D eigenvalue weighted by Crippen LogP contribution is -2.59. The first kappa shape index (κ1) is 24.5. The van der Waals surface area contributed by atoms with Crippen molar-refractivity contribution in [3.63, 3.8) is 0 Å². The SMILES string of the molecule is CC(C)C(N)C(=O)NC(CO)C(=O)NC(CS)C(=O)NC(CS)C(=O)O. The number of aliphatic hydroxyl groups excluding tert-OH is 1. The lowest BCUT2D eigenvalue weighted by atomic mass is 10.0. The largest absolute Gasteiger partial charge is 0.480 e. The van der Waals surface area contributed by atoms with Crippen LogP contribution in [-0.2, 0) is 19.2 Å². The number of carbonyl (C=O) groups is 4. The molecule has 7 N–H and O–H groups in total. The van der Waals surface area contributed by atoms with Crippen LogP contribution < -0.4 is 21.7 Å². The molecule has 3 amide bonds. The van der Waals surface area contributed by atoms with Crippen molar-refractivity contribution < 1.29 is 29.4 Å². The number of rotatable bonds is 11. The van der Waals surface area contributed by atoms with Crippen molar-refractivity contribution in [2.75, 3.05) is 18.1 Å². The molecule has 0 aromatic heterocycles. The molecule has 0 aromatic carbocycles. The number of carboxylic acids is 1. The Bertz CT molecular complexity index is 520. The molecule has 26 heavy (non-hydrogen) atoms. The van der Waals surface area contributed by atoms with Gasteiger partial charge in [0, 0.05) is 11.5 Å². The van der Waals surface area contributed by atoms with Crippen molar-refractivity contribution in [2.45, 2.75) is 38.0 Å². The molecule has 0 radical (unpaired) electrons. The van der Waals surface area contributed by atoms with Crippen LogP contribution in [0.1, 0.15) is 13.8 Å². The summed E-state index contributed by atoms with van der Waals surface area (Å²) in [5.41, 5.74) is 5.67. The van der Waals surface area contributed by atoms with Crippen molar-refractivity contribution in [3.05, 3.63) is 0 Å². The van der Waals surface area contributed by atoms with Gasteiger partial charge in [0.05, 0.1) is 12.6 Å². The number of hydrogen-bond donors (Lipinski definition) is 8. The number of nitrogens with one attached hydrogen (secondary N) is 3. The van der Waals surface area contributed by atoms with Crippen molar-refractivity contribution >= 4 is 48.9 Å². The van der Waals surface area contributed by atoms with E-state index in [2.05, 4.69) is 41.2 Å². The Morgan fingerprint density at radius 1 is 0.885 bits per heavy atom. The zero-order valence-corrected chi connectivity index (χ0v) is 16.3. The van der Waals surface area contributed by atoms with Crippen LogP contribution in [0.15, 0.2) is 0 Å². The van der Waals surface area contributed by atoms with Crippen LogP contribution in [-0.4, -0.2) is 76.2 Å². The Kier molecular flexibility index (Phi) is 11.3. The van der Waals surface area contributed by atoms with E-state index in [-0.39, 0.29) is 17.4 Å². The van der Waals surface area contributed by atoms with E-state index >= 15 is 0 Å². The molecule has 0 saturated carbocycles. The van der Waals surface area contributed by atoms with Gasteiger partial charge in [-0.25, -0.2) is 4.79 Å². The number of carbonyl (C=O) groups excluding carboxylic acids is 3. The lowest BCUT2D eigenvalue weighted by molar-refractivity contribution is -0.141. The number of aliphatic hydroxyl groups is 1. The lowest BCUT2D eigenvalue weighted by Gasteiger charge is -2.23. The summed E-state index contributed by atoms with van der Waals surface area (Å²) in [5, 5.41) is 25.0. The van der Waals surface area contributed by atoms with Gasteiger partial charge in [0.2, 0.25) is 17.7 Å². The summed E-state index contributed by atoms with van der Waals surface area (Å²) in [5.74, 6) is -3.96. The van der Waals surface area contributed by atoms with Gasteiger partial charge in [0.25, 0.3) is 0 Å². The molecule has 0 aliphatic heterocycles. The van der Waals surface area contributed by atoms with E-state index in [0.717, 1.165) is 0 Å². The van der Waals surface area contributed by atoms with Crippen molar-refractivity contribution in [2.24, 2.45) is 11.7 Å². The zero-order chi connectivity index (χ0) is 20.4. The highest BCUT2D eigenvalue weighted by molar-refractivity contribution is 7.80. The van der Waals surface area contributed by atoms with E-state index in [0.29, 0.717) is 0 Å². The van der Waals surface area contributed by atoms with Crippen LogP contribution in [0.3, 0.4) is 0 Å². The second kappa shape index (κ2) is 12.0. The first-order chi connectivity index (χ1) is 12.1. The molecule has 0 aliphatic rings. The molecule has 0 fully saturated rings. The van der Waals surface area contributed by atoms with Gasteiger partial charge in [0.15, 0.2) is 0 Å². The number of hydrogen-bond acceptors (Lipinski definition) is 8. The average Bonchev–Trinajstić information content (AvgIpc) is 2.59. The average molecular weight is 411 g/mol. The Morgan fingerprint density at radius 2 is 1.31 bits per heavy atom. The minimum Gasteiger partial charge on any atom is -0.480 e. The molecule has 0 aromatic rings. The molecular formula is C14H26N4O6S2. The Hall–Kier alpha value is -1.50. The van der Waals surface area contributed by atoms with Crippen LogP contribution in [0.4, 0.5) is 0 Å². The van der Waals surface area contributed by atoms with Crippen molar-refractivity contribution in [1.82, 2.24) is 16.0 Å². The smallest absolute Gasteiger partial charge is 0.327 e. The fourth-order valence-corrected chi connectivity index (χ4v) is 2.19. The monoisotopic (exact) mass is 410 g/mol. The molecule has 4 atom stereocenters. The first-order valence-electron chi connectivity index (χ1n) is 7.81. The molecule has 0 aliphatic carbocycles. The third-order valence-electron chi connectivity index (χ3n) is 3.45. The van der Waals surface area contributed by atoms with Crippen LogP contribution >= 0.6 is 25.3 Å². The summed E-state index contributed by atoms with van der Waals surface area (Å²) in [7, 11) is 0. The van der Waals surface area contributed by atoms with E-state index < -0.39 is 54.5 Å². The fraction of sp³-hybridized carbons (Fsp3) is 0.714. The summed E-state index contributed by atoms with van der Waals surface area (Å²) in [6, 6.07) is -4.59. The van der Waals surface area contributed by atoms with Gasteiger partial charge in [-0.2, -0.15) is 25.3 Å². The maximum absolute atomic E-state index is 12.2. The zero-order valence-electron chi connectivity index (χ0n) is 14.5. The van der Waals surface area contributed by atoms with Gasteiger partial charge >= 0.3 is 5.97 Å². The maximum atomic E-state index is 12.2. The van der Waals surface area contributed by atoms with Gasteiger partial charge in [-0.05, 0) is 5.92 Å². The molecule has 150 valence electrons. The highest BCUT2D eigenvalue weighted by atomic mass is 32.1. The van der Waals surface area contributed by atoms with Crippen molar-refractivity contribution in [1.29, 1.82) is 0 Å². The number of thiol groups is 2. The van der Waals surface area contributed by atoms with Gasteiger partial charge < -0.3 is 31.9 Å². The molecule has 4 unspecified atom stereocenters. The second-order valence-electron chi connectivity index (χ2n) is 5.84. The van der Waals surface area contributed by atoms with Crippen LogP contribution in [0, 0.1) is 5.92 Å². The van der Waals surface area contributed by atoms with Gasteiger partial charge in [0.1, 0.15) is 18.1 Å². The van der Waals surface area contributed by atoms with E-state index in [1.165, 1.54) is 0 Å². The van der Waals surface area contributed by atoms with Crippen LogP contribution in [0.25, 0.3) is 0 Å². The molecule has 0 rings (SSSR count). The van der Waals surface area contributed by atoms with Crippen molar-refractivity contribution in [3.8, 4) is 0 Å². The Morgan fingerprint density at radius 3 is 1.69 bits per heavy atom. The van der Waals surface area contributed by atoms with E-state index in [1.54, 1.807) is 13.8 Å². The van der Waals surface area contributed by atoms with Gasteiger partial charge in [-0.15, -0.1) is 0 Å². The van der Waals surface area contributed by atoms with E-state index in [1.807, 2.05) is 0 Å². The molecule has 0 spiro atoms. The third-order valence-corrected chi connectivity index (χ3v) is 4.18. The summed E-state index contributed by atoms with van der Waals surface area (Å²) in [6.07, 6.45) is 0. The quantitative estimate of drug-likeness (QED) is 0.172. The van der Waals surface area contributed by atoms with Gasteiger partial charge in [-0.3, -0.25) is 14.4 Å². The molecule has 0 saturated heterocycles. The molecule has 0 heterocycles. The van der Waals surface area contributed by atoms with Crippen LogP contribution in [0.5, 0.6) is 0 Å². The summed E-state index contributed by atoms with van der Waals surface area (Å²) in [6.45, 7) is 2.73. The van der Waals surface area contributed by atoms with E-state index in [4.69, 9.17) is 10.8 Å². The Balaban J connectivity index is 4.91. The number of aliphatic carboxylic acids is 1. The maximum Gasteiger partial charge on any atom is 0.327 e. The third kappa shape index (κ3) is 7.81. The van der Waals surface area contributed by atoms with E-state index in [9.17, 15) is 24.3 Å².